The Morgan fingerprint density at radius 1 is 1.35 bits per heavy atom. The van der Waals surface area contributed by atoms with Crippen LogP contribution in [0.4, 0.5) is 0 Å². The lowest BCUT2D eigenvalue weighted by Gasteiger charge is -2.09. The first kappa shape index (κ1) is 12.2. The second kappa shape index (κ2) is 4.91. The first-order chi connectivity index (χ1) is 8.04. The highest BCUT2D eigenvalue weighted by atomic mass is 16.7. The van der Waals surface area contributed by atoms with E-state index in [1.54, 1.807) is 0 Å². The Labute approximate surface area is 103 Å². The first-order valence-electron chi connectivity index (χ1n) is 6.05. The van der Waals surface area contributed by atoms with E-state index in [1.807, 2.05) is 0 Å². The Kier molecular flexibility index (Phi) is 3.51. The summed E-state index contributed by atoms with van der Waals surface area (Å²) in [6, 6.07) is 8.69. The maximum absolute atomic E-state index is 5.18. The second-order valence-electron chi connectivity index (χ2n) is 5.43. The van der Waals surface area contributed by atoms with Gasteiger partial charge in [0.1, 0.15) is 0 Å². The maximum atomic E-state index is 5.18. The van der Waals surface area contributed by atoms with E-state index in [4.69, 9.17) is 4.84 Å². The first-order valence-corrected chi connectivity index (χ1v) is 6.05. The molecule has 0 saturated carbocycles. The third-order valence-corrected chi connectivity index (χ3v) is 2.61. The van der Waals surface area contributed by atoms with Crippen molar-refractivity contribution in [2.45, 2.75) is 33.2 Å². The van der Waals surface area contributed by atoms with Gasteiger partial charge in [-0.25, -0.2) is 0 Å². The summed E-state index contributed by atoms with van der Waals surface area (Å²) in [6.45, 7) is 7.14. The minimum absolute atomic E-state index is 0.0464. The molecule has 0 aliphatic carbocycles. The molecule has 0 amide bonds. The minimum atomic E-state index is 0.0464. The topological polar surface area (TPSA) is 21.3 Å². The lowest BCUT2D eigenvalue weighted by atomic mass is 9.97. The SMILES string of the molecule is CC(C)(C)C#Cc1cccc(C2CCON2)c1. The summed E-state index contributed by atoms with van der Waals surface area (Å²) in [5.74, 6) is 6.48. The molecule has 1 heterocycles. The zero-order chi connectivity index (χ0) is 12.3. The van der Waals surface area contributed by atoms with Crippen molar-refractivity contribution in [3.05, 3.63) is 35.4 Å². The number of hydrogen-bond acceptors (Lipinski definition) is 2. The Hall–Kier alpha value is -1.30. The fraction of sp³-hybridized carbons (Fsp3) is 0.467. The lowest BCUT2D eigenvalue weighted by molar-refractivity contribution is 0.0883. The van der Waals surface area contributed by atoms with Crippen LogP contribution < -0.4 is 5.48 Å². The van der Waals surface area contributed by atoms with Crippen LogP contribution in [-0.2, 0) is 4.84 Å². The summed E-state index contributed by atoms with van der Waals surface area (Å²) in [6.07, 6.45) is 1.02. The van der Waals surface area contributed by atoms with Gasteiger partial charge < -0.3 is 4.84 Å². The van der Waals surface area contributed by atoms with E-state index in [1.165, 1.54) is 5.56 Å². The fourth-order valence-electron chi connectivity index (χ4n) is 1.72. The van der Waals surface area contributed by atoms with Crippen molar-refractivity contribution in [1.29, 1.82) is 0 Å². The molecule has 1 unspecified atom stereocenters. The normalized spacial score (nSPS) is 19.8. The highest BCUT2D eigenvalue weighted by molar-refractivity contribution is 5.39. The molecule has 2 rings (SSSR count). The summed E-state index contributed by atoms with van der Waals surface area (Å²) >= 11 is 0. The Morgan fingerprint density at radius 3 is 2.82 bits per heavy atom. The zero-order valence-electron chi connectivity index (χ0n) is 10.7. The molecule has 2 heteroatoms. The monoisotopic (exact) mass is 229 g/mol. The number of nitrogens with one attached hydrogen (secondary N) is 1. The highest BCUT2D eigenvalue weighted by Crippen LogP contribution is 2.21. The number of hydrogen-bond donors (Lipinski definition) is 1. The standard InChI is InChI=1S/C15H19NO/c1-15(2,3)9-7-12-5-4-6-13(11-12)14-8-10-17-16-14/h4-6,11,14,16H,8,10H2,1-3H3. The lowest BCUT2D eigenvalue weighted by Crippen LogP contribution is -2.11. The van der Waals surface area contributed by atoms with Crippen LogP contribution in [0.2, 0.25) is 0 Å². The molecule has 1 atom stereocenters. The largest absolute Gasteiger partial charge is 0.301 e. The van der Waals surface area contributed by atoms with Crippen molar-refractivity contribution >= 4 is 0 Å². The predicted octanol–water partition coefficient (Wildman–Crippen LogP) is 3.05. The molecule has 1 aliphatic rings. The molecule has 1 aromatic carbocycles. The predicted molar refractivity (Wildman–Crippen MR) is 69.2 cm³/mol. The molecule has 1 N–H and O–H groups in total. The molecule has 0 spiro atoms. The summed E-state index contributed by atoms with van der Waals surface area (Å²) < 4.78 is 0. The Balaban J connectivity index is 2.18. The van der Waals surface area contributed by atoms with Gasteiger partial charge >= 0.3 is 0 Å². The molecule has 1 fully saturated rings. The molecule has 90 valence electrons. The molecular weight excluding hydrogens is 210 g/mol. The van der Waals surface area contributed by atoms with Crippen LogP contribution >= 0.6 is 0 Å². The van der Waals surface area contributed by atoms with E-state index in [0.29, 0.717) is 6.04 Å². The van der Waals surface area contributed by atoms with Crippen molar-refractivity contribution in [3.8, 4) is 11.8 Å². The molecule has 17 heavy (non-hydrogen) atoms. The van der Waals surface area contributed by atoms with Crippen LogP contribution in [0.15, 0.2) is 24.3 Å². The van der Waals surface area contributed by atoms with E-state index < -0.39 is 0 Å². The minimum Gasteiger partial charge on any atom is -0.301 e. The van der Waals surface area contributed by atoms with Gasteiger partial charge in [-0.3, -0.25) is 0 Å². The van der Waals surface area contributed by atoms with E-state index >= 15 is 0 Å². The Bertz CT molecular complexity index is 442. The van der Waals surface area contributed by atoms with Crippen LogP contribution in [0.3, 0.4) is 0 Å². The van der Waals surface area contributed by atoms with Crippen LogP contribution in [-0.4, -0.2) is 6.61 Å². The molecule has 2 nitrogen and oxygen atoms in total. The third kappa shape index (κ3) is 3.59. The smallest absolute Gasteiger partial charge is 0.0701 e. The van der Waals surface area contributed by atoms with E-state index in [0.717, 1.165) is 18.6 Å². The van der Waals surface area contributed by atoms with Gasteiger partial charge in [-0.2, -0.15) is 5.48 Å². The van der Waals surface area contributed by atoms with Crippen molar-refractivity contribution in [3.63, 3.8) is 0 Å². The maximum Gasteiger partial charge on any atom is 0.0701 e. The van der Waals surface area contributed by atoms with Crippen LogP contribution in [0.25, 0.3) is 0 Å². The molecule has 0 bridgehead atoms. The van der Waals surface area contributed by atoms with Crippen LogP contribution in [0.1, 0.15) is 44.4 Å². The van der Waals surface area contributed by atoms with Gasteiger partial charge in [0.15, 0.2) is 0 Å². The Morgan fingerprint density at radius 2 is 2.18 bits per heavy atom. The summed E-state index contributed by atoms with van der Waals surface area (Å²) in [5.41, 5.74) is 5.40. The van der Waals surface area contributed by atoms with E-state index in [9.17, 15) is 0 Å². The summed E-state index contributed by atoms with van der Waals surface area (Å²) in [7, 11) is 0. The van der Waals surface area contributed by atoms with Gasteiger partial charge in [0.05, 0.1) is 12.6 Å². The van der Waals surface area contributed by atoms with Gasteiger partial charge in [0, 0.05) is 11.0 Å². The van der Waals surface area contributed by atoms with E-state index in [2.05, 4.69) is 62.4 Å². The van der Waals surface area contributed by atoms with Gasteiger partial charge in [0.2, 0.25) is 0 Å². The number of rotatable bonds is 1. The van der Waals surface area contributed by atoms with Crippen LogP contribution in [0, 0.1) is 17.3 Å². The highest BCUT2D eigenvalue weighted by Gasteiger charge is 2.16. The molecule has 0 aromatic heterocycles. The molecular formula is C15H19NO. The average molecular weight is 229 g/mol. The van der Waals surface area contributed by atoms with Crippen molar-refractivity contribution in [2.75, 3.05) is 6.61 Å². The fourth-order valence-corrected chi connectivity index (χ4v) is 1.72. The van der Waals surface area contributed by atoms with E-state index in [-0.39, 0.29) is 5.41 Å². The van der Waals surface area contributed by atoms with Gasteiger partial charge in [-0.1, -0.05) is 24.0 Å². The quantitative estimate of drug-likeness (QED) is 0.747. The molecule has 1 saturated heterocycles. The summed E-state index contributed by atoms with van der Waals surface area (Å²) in [4.78, 5) is 5.18. The average Bonchev–Trinajstić information content (AvgIpc) is 2.79. The number of hydroxylamine groups is 1. The molecule has 0 radical (unpaired) electrons. The van der Waals surface area contributed by atoms with Gasteiger partial charge in [0.25, 0.3) is 0 Å². The van der Waals surface area contributed by atoms with Gasteiger partial charge in [-0.15, -0.1) is 0 Å². The van der Waals surface area contributed by atoms with Crippen molar-refractivity contribution in [1.82, 2.24) is 5.48 Å². The summed E-state index contributed by atoms with van der Waals surface area (Å²) in [5, 5.41) is 0. The van der Waals surface area contributed by atoms with Crippen LogP contribution in [0.5, 0.6) is 0 Å². The number of benzene rings is 1. The zero-order valence-corrected chi connectivity index (χ0v) is 10.7. The van der Waals surface area contributed by atoms with Crippen molar-refractivity contribution in [2.24, 2.45) is 5.41 Å². The third-order valence-electron chi connectivity index (χ3n) is 2.61. The van der Waals surface area contributed by atoms with Gasteiger partial charge in [-0.05, 0) is 44.9 Å². The molecule has 1 aromatic rings. The van der Waals surface area contributed by atoms with Crippen molar-refractivity contribution < 1.29 is 4.84 Å². The second-order valence-corrected chi connectivity index (χ2v) is 5.43. The molecule has 1 aliphatic heterocycles.